The van der Waals surface area contributed by atoms with Gasteiger partial charge in [-0.05, 0) is 30.8 Å². The molecule has 1 nitrogen and oxygen atoms in total. The summed E-state index contributed by atoms with van der Waals surface area (Å²) < 4.78 is 12.4. The molecule has 2 heteroatoms. The van der Waals surface area contributed by atoms with Gasteiger partial charge in [-0.25, -0.2) is 4.39 Å². The van der Waals surface area contributed by atoms with Crippen LogP contribution in [0.1, 0.15) is 12.5 Å². The first kappa shape index (κ1) is 8.78. The monoisotopic (exact) mass is 165 g/mol. The number of hydrogen-bond donors (Lipinski definition) is 1. The molecule has 0 saturated heterocycles. The SMILES string of the molecule is CC=CNCc1ccc(F)cc1. The fraction of sp³-hybridized carbons (Fsp3) is 0.200. The van der Waals surface area contributed by atoms with Crippen LogP contribution < -0.4 is 5.32 Å². The van der Waals surface area contributed by atoms with Crippen LogP contribution in [0.3, 0.4) is 0 Å². The smallest absolute Gasteiger partial charge is 0.123 e. The van der Waals surface area contributed by atoms with Gasteiger partial charge in [0.05, 0.1) is 0 Å². The summed E-state index contributed by atoms with van der Waals surface area (Å²) in [6.45, 7) is 2.68. The molecule has 0 unspecified atom stereocenters. The zero-order chi connectivity index (χ0) is 8.81. The lowest BCUT2D eigenvalue weighted by Crippen LogP contribution is -2.03. The zero-order valence-corrected chi connectivity index (χ0v) is 7.05. The highest BCUT2D eigenvalue weighted by molar-refractivity contribution is 5.15. The van der Waals surface area contributed by atoms with Crippen molar-refractivity contribution in [2.75, 3.05) is 0 Å². The largest absolute Gasteiger partial charge is 0.387 e. The summed E-state index contributed by atoms with van der Waals surface area (Å²) in [4.78, 5) is 0. The third-order valence-electron chi connectivity index (χ3n) is 1.50. The van der Waals surface area contributed by atoms with Crippen LogP contribution in [0.5, 0.6) is 0 Å². The van der Waals surface area contributed by atoms with Crippen molar-refractivity contribution >= 4 is 0 Å². The van der Waals surface area contributed by atoms with Crippen LogP contribution in [-0.2, 0) is 6.54 Å². The molecule has 0 aliphatic carbocycles. The van der Waals surface area contributed by atoms with Crippen molar-refractivity contribution in [3.8, 4) is 0 Å². The summed E-state index contributed by atoms with van der Waals surface area (Å²) in [5.41, 5.74) is 1.08. The molecule has 0 atom stereocenters. The van der Waals surface area contributed by atoms with Crippen LogP contribution in [0, 0.1) is 5.82 Å². The summed E-state index contributed by atoms with van der Waals surface area (Å²) in [5.74, 6) is -0.190. The number of benzene rings is 1. The van der Waals surface area contributed by atoms with Crippen LogP contribution in [0.4, 0.5) is 4.39 Å². The summed E-state index contributed by atoms with van der Waals surface area (Å²) in [6.07, 6.45) is 3.78. The van der Waals surface area contributed by atoms with E-state index in [0.29, 0.717) is 0 Å². The van der Waals surface area contributed by atoms with Gasteiger partial charge in [0, 0.05) is 6.54 Å². The molecule has 0 fully saturated rings. The van der Waals surface area contributed by atoms with Gasteiger partial charge >= 0.3 is 0 Å². The molecule has 0 saturated carbocycles. The van der Waals surface area contributed by atoms with E-state index in [4.69, 9.17) is 0 Å². The fourth-order valence-corrected chi connectivity index (χ4v) is 0.897. The molecule has 12 heavy (non-hydrogen) atoms. The van der Waals surface area contributed by atoms with E-state index in [9.17, 15) is 4.39 Å². The highest BCUT2D eigenvalue weighted by Gasteiger charge is 1.90. The first-order valence-corrected chi connectivity index (χ1v) is 3.92. The lowest BCUT2D eigenvalue weighted by Gasteiger charge is -1.99. The molecule has 64 valence electrons. The summed E-state index contributed by atoms with van der Waals surface area (Å²) in [7, 11) is 0. The Morgan fingerprint density at radius 2 is 2.00 bits per heavy atom. The van der Waals surface area contributed by atoms with Crippen molar-refractivity contribution in [1.29, 1.82) is 0 Å². The second kappa shape index (κ2) is 4.54. The molecule has 0 radical (unpaired) electrons. The Morgan fingerprint density at radius 1 is 1.33 bits per heavy atom. The van der Waals surface area contributed by atoms with Gasteiger partial charge in [-0.15, -0.1) is 0 Å². The lowest BCUT2D eigenvalue weighted by molar-refractivity contribution is 0.626. The highest BCUT2D eigenvalue weighted by atomic mass is 19.1. The third-order valence-corrected chi connectivity index (χ3v) is 1.50. The lowest BCUT2D eigenvalue weighted by atomic mass is 10.2. The van der Waals surface area contributed by atoms with E-state index in [-0.39, 0.29) is 5.82 Å². The topological polar surface area (TPSA) is 12.0 Å². The number of nitrogens with one attached hydrogen (secondary N) is 1. The van der Waals surface area contributed by atoms with Gasteiger partial charge in [-0.3, -0.25) is 0 Å². The Morgan fingerprint density at radius 3 is 2.58 bits per heavy atom. The Labute approximate surface area is 71.9 Å². The minimum Gasteiger partial charge on any atom is -0.387 e. The van der Waals surface area contributed by atoms with Crippen molar-refractivity contribution in [3.63, 3.8) is 0 Å². The number of halogens is 1. The predicted molar refractivity (Wildman–Crippen MR) is 48.1 cm³/mol. The Balaban J connectivity index is 2.47. The Hall–Kier alpha value is -1.31. The Bertz CT molecular complexity index is 251. The molecule has 0 aliphatic rings. The van der Waals surface area contributed by atoms with Gasteiger partial charge in [-0.1, -0.05) is 18.2 Å². The van der Waals surface area contributed by atoms with E-state index in [0.717, 1.165) is 12.1 Å². The van der Waals surface area contributed by atoms with Gasteiger partial charge in [0.15, 0.2) is 0 Å². The maximum Gasteiger partial charge on any atom is 0.123 e. The van der Waals surface area contributed by atoms with Crippen molar-refractivity contribution in [2.24, 2.45) is 0 Å². The molecule has 0 bridgehead atoms. The second-order valence-electron chi connectivity index (χ2n) is 2.51. The average Bonchev–Trinajstić information content (AvgIpc) is 2.09. The van der Waals surface area contributed by atoms with Gasteiger partial charge < -0.3 is 5.32 Å². The number of rotatable bonds is 3. The average molecular weight is 165 g/mol. The minimum atomic E-state index is -0.190. The van der Waals surface area contributed by atoms with Crippen LogP contribution in [0.25, 0.3) is 0 Å². The third kappa shape index (κ3) is 2.74. The van der Waals surface area contributed by atoms with E-state index >= 15 is 0 Å². The summed E-state index contributed by atoms with van der Waals surface area (Å²) in [6, 6.07) is 6.47. The molecule has 1 aromatic rings. The predicted octanol–water partition coefficient (Wildman–Crippen LogP) is 2.45. The highest BCUT2D eigenvalue weighted by Crippen LogP contribution is 2.01. The van der Waals surface area contributed by atoms with Gasteiger partial charge in [0.2, 0.25) is 0 Å². The molecule has 1 rings (SSSR count). The van der Waals surface area contributed by atoms with Crippen LogP contribution in [0.15, 0.2) is 36.5 Å². The van der Waals surface area contributed by atoms with E-state index in [1.807, 2.05) is 19.2 Å². The Kier molecular flexibility index (Phi) is 3.33. The molecular weight excluding hydrogens is 153 g/mol. The zero-order valence-electron chi connectivity index (χ0n) is 7.05. The molecule has 1 aromatic carbocycles. The first-order valence-electron chi connectivity index (χ1n) is 3.92. The van der Waals surface area contributed by atoms with E-state index < -0.39 is 0 Å². The molecule has 0 amide bonds. The van der Waals surface area contributed by atoms with E-state index in [2.05, 4.69) is 5.32 Å². The van der Waals surface area contributed by atoms with Crippen molar-refractivity contribution < 1.29 is 4.39 Å². The van der Waals surface area contributed by atoms with Crippen molar-refractivity contribution in [1.82, 2.24) is 5.32 Å². The molecular formula is C10H12FN. The van der Waals surface area contributed by atoms with E-state index in [1.165, 1.54) is 12.1 Å². The van der Waals surface area contributed by atoms with Gasteiger partial charge in [0.25, 0.3) is 0 Å². The minimum absolute atomic E-state index is 0.190. The molecule has 0 spiro atoms. The number of allylic oxidation sites excluding steroid dienone is 1. The van der Waals surface area contributed by atoms with Crippen LogP contribution >= 0.6 is 0 Å². The first-order chi connectivity index (χ1) is 5.83. The maximum absolute atomic E-state index is 12.4. The quantitative estimate of drug-likeness (QED) is 0.725. The molecule has 0 heterocycles. The maximum atomic E-state index is 12.4. The van der Waals surface area contributed by atoms with Gasteiger partial charge in [0.1, 0.15) is 5.82 Å². The molecule has 0 aromatic heterocycles. The fourth-order valence-electron chi connectivity index (χ4n) is 0.897. The van der Waals surface area contributed by atoms with Crippen LogP contribution in [-0.4, -0.2) is 0 Å². The summed E-state index contributed by atoms with van der Waals surface area (Å²) in [5, 5.41) is 3.07. The van der Waals surface area contributed by atoms with Crippen molar-refractivity contribution in [2.45, 2.75) is 13.5 Å². The summed E-state index contributed by atoms with van der Waals surface area (Å²) >= 11 is 0. The van der Waals surface area contributed by atoms with E-state index in [1.54, 1.807) is 12.1 Å². The van der Waals surface area contributed by atoms with Gasteiger partial charge in [-0.2, -0.15) is 0 Å². The van der Waals surface area contributed by atoms with Crippen molar-refractivity contribution in [3.05, 3.63) is 47.9 Å². The molecule has 1 N–H and O–H groups in total. The normalized spacial score (nSPS) is 10.5. The standard InChI is InChI=1S/C10H12FN/c1-2-7-12-8-9-3-5-10(11)6-4-9/h2-7,12H,8H2,1H3. The second-order valence-corrected chi connectivity index (χ2v) is 2.51. The van der Waals surface area contributed by atoms with Crippen LogP contribution in [0.2, 0.25) is 0 Å². The molecule has 0 aliphatic heterocycles. The number of hydrogen-bond acceptors (Lipinski definition) is 1.